The van der Waals surface area contributed by atoms with Crippen LogP contribution in [-0.2, 0) is 11.3 Å². The molecule has 2 aromatic rings. The van der Waals surface area contributed by atoms with E-state index in [2.05, 4.69) is 9.97 Å². The van der Waals surface area contributed by atoms with E-state index >= 15 is 0 Å². The highest BCUT2D eigenvalue weighted by Gasteiger charge is 2.11. The normalized spacial score (nSPS) is 10.4. The standard InChI is InChI=1S/C15H18N4OS/c1-11-3-5-12(6-4-11)9-19(2)13(20)10-21-15-14(16)17-7-8-18-15/h3-8H,9-10H2,1-2H3,(H2,16,17). The van der Waals surface area contributed by atoms with Gasteiger partial charge in [-0.1, -0.05) is 41.6 Å². The van der Waals surface area contributed by atoms with E-state index in [1.54, 1.807) is 18.1 Å². The molecule has 0 aliphatic rings. The highest BCUT2D eigenvalue weighted by Crippen LogP contribution is 2.20. The van der Waals surface area contributed by atoms with E-state index in [9.17, 15) is 4.79 Å². The van der Waals surface area contributed by atoms with E-state index in [-0.39, 0.29) is 5.91 Å². The van der Waals surface area contributed by atoms with Crippen molar-refractivity contribution < 1.29 is 4.79 Å². The molecule has 110 valence electrons. The van der Waals surface area contributed by atoms with Crippen molar-refractivity contribution in [1.29, 1.82) is 0 Å². The zero-order chi connectivity index (χ0) is 15.2. The molecule has 1 amide bonds. The van der Waals surface area contributed by atoms with Crippen molar-refractivity contribution >= 4 is 23.5 Å². The molecule has 2 N–H and O–H groups in total. The van der Waals surface area contributed by atoms with Gasteiger partial charge in [-0.25, -0.2) is 9.97 Å². The Hall–Kier alpha value is -2.08. The van der Waals surface area contributed by atoms with Crippen LogP contribution in [0.5, 0.6) is 0 Å². The predicted octanol–water partition coefficient (Wildman–Crippen LogP) is 2.12. The summed E-state index contributed by atoms with van der Waals surface area (Å²) in [6, 6.07) is 8.16. The molecule has 1 aromatic heterocycles. The van der Waals surface area contributed by atoms with Gasteiger partial charge in [0.2, 0.25) is 5.91 Å². The van der Waals surface area contributed by atoms with Gasteiger partial charge in [0.25, 0.3) is 0 Å². The van der Waals surface area contributed by atoms with Crippen LogP contribution in [0, 0.1) is 6.92 Å². The fraction of sp³-hybridized carbons (Fsp3) is 0.267. The molecular weight excluding hydrogens is 284 g/mol. The lowest BCUT2D eigenvalue weighted by Crippen LogP contribution is -2.27. The molecule has 0 atom stereocenters. The van der Waals surface area contributed by atoms with Crippen molar-refractivity contribution in [2.75, 3.05) is 18.5 Å². The second kappa shape index (κ2) is 7.08. The van der Waals surface area contributed by atoms with E-state index in [0.717, 1.165) is 5.56 Å². The first kappa shape index (κ1) is 15.3. The summed E-state index contributed by atoms with van der Waals surface area (Å²) in [7, 11) is 1.79. The summed E-state index contributed by atoms with van der Waals surface area (Å²) in [6.07, 6.45) is 3.10. The van der Waals surface area contributed by atoms with Crippen molar-refractivity contribution in [1.82, 2.24) is 14.9 Å². The Morgan fingerprint density at radius 3 is 2.57 bits per heavy atom. The SMILES string of the molecule is Cc1ccc(CN(C)C(=O)CSc2nccnc2N)cc1. The molecule has 2 rings (SSSR count). The molecule has 0 aliphatic carbocycles. The molecule has 5 nitrogen and oxygen atoms in total. The summed E-state index contributed by atoms with van der Waals surface area (Å²) in [5.41, 5.74) is 8.02. The minimum Gasteiger partial charge on any atom is -0.381 e. The number of carbonyl (C=O) groups excluding carboxylic acids is 1. The first-order chi connectivity index (χ1) is 10.1. The van der Waals surface area contributed by atoms with Gasteiger partial charge < -0.3 is 10.6 Å². The van der Waals surface area contributed by atoms with E-state index < -0.39 is 0 Å². The van der Waals surface area contributed by atoms with Gasteiger partial charge in [0.05, 0.1) is 5.75 Å². The number of nitrogens with zero attached hydrogens (tertiary/aromatic N) is 3. The molecule has 0 unspecified atom stereocenters. The summed E-state index contributed by atoms with van der Waals surface area (Å²) in [6.45, 7) is 2.64. The molecule has 0 saturated carbocycles. The number of hydrogen-bond acceptors (Lipinski definition) is 5. The molecule has 0 spiro atoms. The fourth-order valence-corrected chi connectivity index (χ4v) is 2.56. The third kappa shape index (κ3) is 4.46. The maximum atomic E-state index is 12.1. The van der Waals surface area contributed by atoms with Gasteiger partial charge in [0, 0.05) is 26.0 Å². The first-order valence-electron chi connectivity index (χ1n) is 6.55. The van der Waals surface area contributed by atoms with Gasteiger partial charge in [-0.05, 0) is 12.5 Å². The number of aromatic nitrogens is 2. The quantitative estimate of drug-likeness (QED) is 0.857. The lowest BCUT2D eigenvalue weighted by molar-refractivity contribution is -0.127. The number of amides is 1. The van der Waals surface area contributed by atoms with Crippen molar-refractivity contribution in [3.8, 4) is 0 Å². The summed E-state index contributed by atoms with van der Waals surface area (Å²) >= 11 is 1.31. The third-order valence-corrected chi connectivity index (χ3v) is 3.97. The molecule has 0 aliphatic heterocycles. The highest BCUT2D eigenvalue weighted by atomic mass is 32.2. The molecule has 0 bridgehead atoms. The van der Waals surface area contributed by atoms with Crippen LogP contribution in [-0.4, -0.2) is 33.6 Å². The van der Waals surface area contributed by atoms with E-state index in [0.29, 0.717) is 23.1 Å². The number of rotatable bonds is 5. The molecule has 0 fully saturated rings. The summed E-state index contributed by atoms with van der Waals surface area (Å²) in [5.74, 6) is 0.688. The molecule has 0 radical (unpaired) electrons. The minimum atomic E-state index is 0.0330. The zero-order valence-electron chi connectivity index (χ0n) is 12.1. The van der Waals surface area contributed by atoms with Crippen LogP contribution >= 0.6 is 11.8 Å². The summed E-state index contributed by atoms with van der Waals surface area (Å²) in [4.78, 5) is 21.9. The first-order valence-corrected chi connectivity index (χ1v) is 7.53. The van der Waals surface area contributed by atoms with Gasteiger partial charge >= 0.3 is 0 Å². The minimum absolute atomic E-state index is 0.0330. The monoisotopic (exact) mass is 302 g/mol. The zero-order valence-corrected chi connectivity index (χ0v) is 12.9. The van der Waals surface area contributed by atoms with Gasteiger partial charge in [-0.15, -0.1) is 0 Å². The lowest BCUT2D eigenvalue weighted by atomic mass is 10.1. The second-order valence-corrected chi connectivity index (χ2v) is 5.73. The number of nitrogen functional groups attached to an aromatic ring is 1. The smallest absolute Gasteiger partial charge is 0.233 e. The highest BCUT2D eigenvalue weighted by molar-refractivity contribution is 8.00. The topological polar surface area (TPSA) is 72.1 Å². The summed E-state index contributed by atoms with van der Waals surface area (Å²) < 4.78 is 0. The van der Waals surface area contributed by atoms with Crippen LogP contribution in [0.4, 0.5) is 5.82 Å². The Morgan fingerprint density at radius 2 is 1.90 bits per heavy atom. The predicted molar refractivity (Wildman–Crippen MR) is 84.8 cm³/mol. The Labute approximate surface area is 128 Å². The molecule has 1 heterocycles. The van der Waals surface area contributed by atoms with E-state index in [4.69, 9.17) is 5.73 Å². The number of anilines is 1. The number of carbonyl (C=O) groups is 1. The largest absolute Gasteiger partial charge is 0.381 e. The maximum absolute atomic E-state index is 12.1. The van der Waals surface area contributed by atoms with Crippen LogP contribution in [0.2, 0.25) is 0 Å². The molecule has 0 saturated heterocycles. The average Bonchev–Trinajstić information content (AvgIpc) is 2.48. The van der Waals surface area contributed by atoms with Gasteiger partial charge in [-0.3, -0.25) is 4.79 Å². The number of thioether (sulfide) groups is 1. The van der Waals surface area contributed by atoms with Gasteiger partial charge in [0.1, 0.15) is 5.03 Å². The molecule has 21 heavy (non-hydrogen) atoms. The number of nitrogens with two attached hydrogens (primary N) is 1. The van der Waals surface area contributed by atoms with Crippen LogP contribution < -0.4 is 5.73 Å². The van der Waals surface area contributed by atoms with Crippen LogP contribution in [0.1, 0.15) is 11.1 Å². The van der Waals surface area contributed by atoms with Gasteiger partial charge in [-0.2, -0.15) is 0 Å². The molecular formula is C15H18N4OS. The summed E-state index contributed by atoms with van der Waals surface area (Å²) in [5, 5.41) is 0.592. The van der Waals surface area contributed by atoms with E-state index in [1.165, 1.54) is 23.5 Å². The third-order valence-electron chi connectivity index (χ3n) is 2.99. The second-order valence-electron chi connectivity index (χ2n) is 4.77. The van der Waals surface area contributed by atoms with Crippen molar-refractivity contribution in [2.24, 2.45) is 0 Å². The Morgan fingerprint density at radius 1 is 1.24 bits per heavy atom. The number of benzene rings is 1. The number of hydrogen-bond donors (Lipinski definition) is 1. The van der Waals surface area contributed by atoms with Crippen LogP contribution in [0.3, 0.4) is 0 Å². The van der Waals surface area contributed by atoms with Crippen LogP contribution in [0.25, 0.3) is 0 Å². The van der Waals surface area contributed by atoms with Crippen molar-refractivity contribution in [3.63, 3.8) is 0 Å². The Kier molecular flexibility index (Phi) is 5.16. The molecule has 6 heteroatoms. The van der Waals surface area contributed by atoms with Crippen LogP contribution in [0.15, 0.2) is 41.7 Å². The Bertz CT molecular complexity index is 615. The number of aryl methyl sites for hydroxylation is 1. The van der Waals surface area contributed by atoms with E-state index in [1.807, 2.05) is 31.2 Å². The Balaban J connectivity index is 1.88. The fourth-order valence-electron chi connectivity index (χ4n) is 1.74. The molecule has 1 aromatic carbocycles. The van der Waals surface area contributed by atoms with Gasteiger partial charge in [0.15, 0.2) is 5.82 Å². The maximum Gasteiger partial charge on any atom is 0.233 e. The average molecular weight is 302 g/mol. The lowest BCUT2D eigenvalue weighted by Gasteiger charge is -2.17. The van der Waals surface area contributed by atoms with Crippen molar-refractivity contribution in [3.05, 3.63) is 47.8 Å². The van der Waals surface area contributed by atoms with Crippen molar-refractivity contribution in [2.45, 2.75) is 18.5 Å².